The standard InChI is InChI=1S/C61H96O28/c1-11-24(2)51(79)85-44-25(3)81-52(42(74)39(44)71)89-49-48(76)61(23-80-26(4)65)28(18-56(49,5)6)27-12-13-32-57(7)16-15-34(58(8,22-64)31(57)14-17-59(32,9)60(27,10)19-33(61)66)84-55-46(87-54-41(73)38(70)36(68)30(21-63)83-54)43(75)45(47(88-55)50(77)78)86-53-40(72)37(69)35(67)29(20-62)82-53/h11-12,25,28-49,52-55,62-64,66-76H,13-23H2,1-10H3,(H,77,78)/b24-11-/t25-,28?,29-,30-,31?,32?,33-,34+,35-,36-,37+,38+,39-,40-,41-,42-,43+,44-,45+,46-,47+,48+,49+,52+,53+,54+,55-,57+,58-,59-,60-,61+/m1/s1. The van der Waals surface area contributed by atoms with Crippen LogP contribution in [-0.4, -0.2) is 268 Å². The van der Waals surface area contributed by atoms with Crippen LogP contribution in [0.15, 0.2) is 23.3 Å². The van der Waals surface area contributed by atoms with Gasteiger partial charge in [0.2, 0.25) is 0 Å². The number of aliphatic hydroxyl groups excluding tert-OH is 14. The van der Waals surface area contributed by atoms with Gasteiger partial charge in [-0.3, -0.25) is 4.79 Å². The normalized spacial score (nSPS) is 51.5. The van der Waals surface area contributed by atoms with Crippen LogP contribution in [0.25, 0.3) is 0 Å². The number of carboxylic acids is 1. The second kappa shape index (κ2) is 26.0. The minimum atomic E-state index is -2.20. The summed E-state index contributed by atoms with van der Waals surface area (Å²) in [6.07, 6.45) is -35.2. The van der Waals surface area contributed by atoms with Gasteiger partial charge in [-0.15, -0.1) is 0 Å². The lowest BCUT2D eigenvalue weighted by atomic mass is 9.33. The number of hydrogen-bond acceptors (Lipinski definition) is 27. The van der Waals surface area contributed by atoms with Crippen LogP contribution in [0.1, 0.15) is 114 Å². The van der Waals surface area contributed by atoms with Gasteiger partial charge in [-0.2, -0.15) is 0 Å². The van der Waals surface area contributed by atoms with Gasteiger partial charge in [0.05, 0.1) is 55.8 Å². The summed E-state index contributed by atoms with van der Waals surface area (Å²) in [4.78, 5) is 38.7. The van der Waals surface area contributed by atoms with Gasteiger partial charge in [0.15, 0.2) is 37.4 Å². The smallest absolute Gasteiger partial charge is 0.335 e. The van der Waals surface area contributed by atoms with E-state index < -0.39 is 230 Å². The Morgan fingerprint density at radius 3 is 1.76 bits per heavy atom. The SMILES string of the molecule is C/C=C(/C)C(=O)O[C@H]1[C@H](O)[C@@H](O)[C@H](O[C@H]2[C@H](O)[C@@]3(COC(C)=O)C(CC2(C)C)C2=CCC4[C@@]5(C)CC[C@H](O[C@@H]6O[C@H](C(=O)O)[C@@H](O[C@@H]7O[C@H](CO)[C@@H](O)[C@H](O)[C@H]7O)[C@H](O)[C@H]6O[C@@H]6O[C@H](CO)[C@@H](O)[C@H](O)[C@H]6O)[C@](C)(CO)C5CC[C@@]4(C)[C@]2(C)C[C@H]3O)O[C@@H]1C. The quantitative estimate of drug-likeness (QED) is 0.0330. The molecular formula is C61H96O28. The molecule has 4 aliphatic heterocycles. The summed E-state index contributed by atoms with van der Waals surface area (Å²) < 4.78 is 60.0. The van der Waals surface area contributed by atoms with Crippen LogP contribution in [0.3, 0.4) is 0 Å². The number of carbonyl (C=O) groups excluding carboxylic acids is 2. The number of carboxylic acid groups (broad SMARTS) is 1. The number of rotatable bonds is 16. The molecule has 8 fully saturated rings. The van der Waals surface area contributed by atoms with Gasteiger partial charge in [-0.05, 0) is 105 Å². The first-order chi connectivity index (χ1) is 41.6. The van der Waals surface area contributed by atoms with Gasteiger partial charge >= 0.3 is 17.9 Å². The third-order valence-corrected chi connectivity index (χ3v) is 23.1. The lowest BCUT2D eigenvalue weighted by Gasteiger charge is -2.72. The van der Waals surface area contributed by atoms with E-state index in [4.69, 9.17) is 47.4 Å². The topological polar surface area (TPSA) is 447 Å². The minimum Gasteiger partial charge on any atom is -0.479 e. The van der Waals surface area contributed by atoms with Crippen molar-refractivity contribution in [1.82, 2.24) is 0 Å². The van der Waals surface area contributed by atoms with Crippen molar-refractivity contribution in [3.63, 3.8) is 0 Å². The Labute approximate surface area is 516 Å². The maximum atomic E-state index is 13.2. The lowest BCUT2D eigenvalue weighted by molar-refractivity contribution is -0.392. The van der Waals surface area contributed by atoms with Crippen molar-refractivity contribution < 1.29 is 138 Å². The fraction of sp³-hybridized carbons (Fsp3) is 0.885. The number of fused-ring (bicyclic) bond motifs is 7. The molecule has 28 heteroatoms. The molecule has 0 aromatic rings. The molecule has 4 heterocycles. The molecule has 0 bridgehead atoms. The minimum absolute atomic E-state index is 0.0948. The summed E-state index contributed by atoms with van der Waals surface area (Å²) in [5.74, 6) is -4.21. The molecule has 28 nitrogen and oxygen atoms in total. The van der Waals surface area contributed by atoms with E-state index in [1.165, 1.54) is 6.92 Å². The van der Waals surface area contributed by atoms with E-state index in [1.54, 1.807) is 26.8 Å². The molecule has 3 unspecified atom stereocenters. The molecule has 15 N–H and O–H groups in total. The number of esters is 2. The lowest BCUT2D eigenvalue weighted by Crippen LogP contribution is -2.73. The summed E-state index contributed by atoms with van der Waals surface area (Å²) in [6.45, 7) is 15.4. The van der Waals surface area contributed by atoms with Crippen LogP contribution < -0.4 is 0 Å². The van der Waals surface area contributed by atoms with Crippen LogP contribution in [0.5, 0.6) is 0 Å². The van der Waals surface area contributed by atoms with Crippen LogP contribution >= 0.6 is 0 Å². The predicted molar refractivity (Wildman–Crippen MR) is 300 cm³/mol. The van der Waals surface area contributed by atoms with Gasteiger partial charge in [-0.1, -0.05) is 59.3 Å². The van der Waals surface area contributed by atoms with Crippen molar-refractivity contribution in [1.29, 1.82) is 0 Å². The number of allylic oxidation sites excluding steroid dienone is 3. The highest BCUT2D eigenvalue weighted by Gasteiger charge is 2.74. The van der Waals surface area contributed by atoms with Gasteiger partial charge in [0.25, 0.3) is 0 Å². The molecule has 9 rings (SSSR count). The molecule has 0 radical (unpaired) electrons. The van der Waals surface area contributed by atoms with Crippen molar-refractivity contribution in [2.45, 2.75) is 261 Å². The summed E-state index contributed by atoms with van der Waals surface area (Å²) in [7, 11) is 0. The highest BCUT2D eigenvalue weighted by Crippen LogP contribution is 2.76. The van der Waals surface area contributed by atoms with Crippen LogP contribution in [0.2, 0.25) is 0 Å². The average Bonchev–Trinajstić information content (AvgIpc) is 0.671. The molecule has 4 saturated carbocycles. The van der Waals surface area contributed by atoms with E-state index in [1.807, 2.05) is 20.8 Å². The Hall–Kier alpha value is -2.99. The Morgan fingerprint density at radius 2 is 1.21 bits per heavy atom. The first-order valence-electron chi connectivity index (χ1n) is 31.0. The van der Waals surface area contributed by atoms with E-state index in [-0.39, 0.29) is 36.7 Å². The average molecular weight is 1280 g/mol. The summed E-state index contributed by atoms with van der Waals surface area (Å²) in [6, 6.07) is 0. The molecule has 0 amide bonds. The summed E-state index contributed by atoms with van der Waals surface area (Å²) in [5, 5.41) is 168. The molecule has 0 aromatic heterocycles. The van der Waals surface area contributed by atoms with Crippen LogP contribution in [0.4, 0.5) is 0 Å². The number of ether oxygens (including phenoxy) is 10. The van der Waals surface area contributed by atoms with Gasteiger partial charge in [-0.25, -0.2) is 9.59 Å². The third-order valence-electron chi connectivity index (χ3n) is 23.1. The summed E-state index contributed by atoms with van der Waals surface area (Å²) >= 11 is 0. The number of aliphatic carboxylic acids is 1. The fourth-order valence-corrected chi connectivity index (χ4v) is 17.6. The first-order valence-corrected chi connectivity index (χ1v) is 31.0. The largest absolute Gasteiger partial charge is 0.479 e. The Morgan fingerprint density at radius 1 is 0.640 bits per heavy atom. The number of carbonyl (C=O) groups is 3. The third kappa shape index (κ3) is 11.7. The van der Waals surface area contributed by atoms with Crippen molar-refractivity contribution >= 4 is 17.9 Å². The van der Waals surface area contributed by atoms with Crippen LogP contribution in [0, 0.1) is 50.2 Å². The first kappa shape index (κ1) is 70.3. The molecule has 0 spiro atoms. The Balaban J connectivity index is 1.00. The molecule has 5 aliphatic carbocycles. The van der Waals surface area contributed by atoms with Gasteiger partial charge in [0.1, 0.15) is 86.0 Å². The maximum absolute atomic E-state index is 13.2. The molecule has 32 atom stereocenters. The highest BCUT2D eigenvalue weighted by molar-refractivity contribution is 5.87. The highest BCUT2D eigenvalue weighted by atomic mass is 16.8. The number of hydrogen-bond donors (Lipinski definition) is 15. The fourth-order valence-electron chi connectivity index (χ4n) is 17.6. The van der Waals surface area contributed by atoms with Crippen LogP contribution in [-0.2, 0) is 61.8 Å². The van der Waals surface area contributed by atoms with Gasteiger partial charge in [0, 0.05) is 17.9 Å². The Bertz CT molecular complexity index is 2600. The zero-order valence-corrected chi connectivity index (χ0v) is 52.0. The van der Waals surface area contributed by atoms with E-state index in [0.717, 1.165) is 5.57 Å². The molecule has 9 aliphatic rings. The van der Waals surface area contributed by atoms with Crippen molar-refractivity contribution in [3.05, 3.63) is 23.3 Å². The molecular weight excluding hydrogens is 1180 g/mol. The monoisotopic (exact) mass is 1280 g/mol. The molecule has 0 aromatic carbocycles. The van der Waals surface area contributed by atoms with E-state index >= 15 is 0 Å². The van der Waals surface area contributed by atoms with E-state index in [0.29, 0.717) is 25.7 Å². The molecule has 4 saturated heterocycles. The zero-order chi connectivity index (χ0) is 65.7. The summed E-state index contributed by atoms with van der Waals surface area (Å²) in [5.41, 5.74) is -4.43. The van der Waals surface area contributed by atoms with Gasteiger partial charge < -0.3 is 124 Å². The Kier molecular flexibility index (Phi) is 20.5. The second-order valence-electron chi connectivity index (χ2n) is 28.4. The zero-order valence-electron chi connectivity index (χ0n) is 52.0. The second-order valence-corrected chi connectivity index (χ2v) is 28.4. The predicted octanol–water partition coefficient (Wildman–Crippen LogP) is -2.47. The molecule has 89 heavy (non-hydrogen) atoms. The number of aliphatic hydroxyl groups is 14. The van der Waals surface area contributed by atoms with E-state index in [2.05, 4.69) is 26.8 Å². The maximum Gasteiger partial charge on any atom is 0.335 e. The van der Waals surface area contributed by atoms with Crippen molar-refractivity contribution in [2.24, 2.45) is 50.2 Å². The van der Waals surface area contributed by atoms with Crippen molar-refractivity contribution in [2.75, 3.05) is 26.4 Å². The molecule has 508 valence electrons. The van der Waals surface area contributed by atoms with Crippen molar-refractivity contribution in [3.8, 4) is 0 Å². The van der Waals surface area contributed by atoms with E-state index in [9.17, 15) is 91.0 Å².